The van der Waals surface area contributed by atoms with Crippen molar-refractivity contribution >= 4 is 44.8 Å². The Kier molecular flexibility index (Phi) is 6.59. The maximum atomic E-state index is 12.6. The maximum Gasteiger partial charge on any atom is 0.243 e. The molecule has 1 fully saturated rings. The van der Waals surface area contributed by atoms with E-state index in [0.29, 0.717) is 10.7 Å². The first kappa shape index (κ1) is 20.3. The third-order valence-electron chi connectivity index (χ3n) is 4.31. The number of piperidine rings is 1. The molecule has 1 atom stereocenters. The van der Waals surface area contributed by atoms with Crippen molar-refractivity contribution in [1.29, 1.82) is 0 Å². The number of nitrogens with zero attached hydrogens (tertiary/aromatic N) is 2. The molecule has 0 saturated carbocycles. The second-order valence-corrected chi connectivity index (χ2v) is 9.09. The summed E-state index contributed by atoms with van der Waals surface area (Å²) in [7, 11) is -1.64. The lowest BCUT2D eigenvalue weighted by Gasteiger charge is -2.33. The number of amides is 1. The minimum atomic E-state index is -3.68. The summed E-state index contributed by atoms with van der Waals surface area (Å²) >= 11 is 11.9. The molecule has 2 rings (SSSR count). The average Bonchev–Trinajstić information content (AvgIpc) is 2.51. The first-order valence-electron chi connectivity index (χ1n) is 8.03. The predicted octanol–water partition coefficient (Wildman–Crippen LogP) is 2.36. The number of hydrogen-bond acceptors (Lipinski definition) is 4. The van der Waals surface area contributed by atoms with Gasteiger partial charge in [0.25, 0.3) is 0 Å². The maximum absolute atomic E-state index is 12.6. The number of anilines is 1. The van der Waals surface area contributed by atoms with Crippen LogP contribution >= 0.6 is 23.2 Å². The minimum absolute atomic E-state index is 0.0568. The van der Waals surface area contributed by atoms with Crippen molar-refractivity contribution in [2.75, 3.05) is 30.7 Å². The summed E-state index contributed by atoms with van der Waals surface area (Å²) < 4.78 is 25.6. The smallest absolute Gasteiger partial charge is 0.243 e. The highest BCUT2D eigenvalue weighted by Gasteiger charge is 2.31. The summed E-state index contributed by atoms with van der Waals surface area (Å²) in [5.41, 5.74) is 0.308. The van der Waals surface area contributed by atoms with Gasteiger partial charge >= 0.3 is 0 Å². The number of halogens is 2. The van der Waals surface area contributed by atoms with Crippen molar-refractivity contribution in [2.45, 2.75) is 31.8 Å². The Morgan fingerprint density at radius 1 is 1.28 bits per heavy atom. The number of sulfonamides is 1. The van der Waals surface area contributed by atoms with Crippen LogP contribution in [0.4, 0.5) is 5.69 Å². The van der Waals surface area contributed by atoms with Crippen LogP contribution < -0.4 is 9.62 Å². The number of carbonyl (C=O) groups excluding carboxylic acids is 1. The van der Waals surface area contributed by atoms with Crippen LogP contribution in [0, 0.1) is 0 Å². The Morgan fingerprint density at radius 2 is 1.88 bits per heavy atom. The average molecular weight is 408 g/mol. The molecule has 0 aliphatic carbocycles. The van der Waals surface area contributed by atoms with E-state index in [9.17, 15) is 13.2 Å². The van der Waals surface area contributed by atoms with Crippen LogP contribution in [0.5, 0.6) is 0 Å². The van der Waals surface area contributed by atoms with E-state index in [4.69, 9.17) is 23.2 Å². The van der Waals surface area contributed by atoms with Crippen LogP contribution in [0.15, 0.2) is 18.2 Å². The largest absolute Gasteiger partial charge is 0.351 e. The highest BCUT2D eigenvalue weighted by atomic mass is 35.5. The molecule has 1 amide bonds. The second-order valence-electron chi connectivity index (χ2n) is 6.42. The van der Waals surface area contributed by atoms with Gasteiger partial charge in [0.2, 0.25) is 15.9 Å². The zero-order valence-electron chi connectivity index (χ0n) is 14.5. The third kappa shape index (κ3) is 5.23. The SMILES string of the molecule is C[C@H](C(=O)NC1CCN(C)CC1)N(c1ccc(Cl)c(Cl)c1)S(C)(=O)=O. The van der Waals surface area contributed by atoms with Gasteiger partial charge in [0.15, 0.2) is 0 Å². The van der Waals surface area contributed by atoms with Crippen molar-refractivity contribution in [3.8, 4) is 0 Å². The zero-order chi connectivity index (χ0) is 18.8. The first-order valence-corrected chi connectivity index (χ1v) is 10.6. The van der Waals surface area contributed by atoms with Crippen LogP contribution in [0.1, 0.15) is 19.8 Å². The van der Waals surface area contributed by atoms with Gasteiger partial charge in [-0.3, -0.25) is 9.10 Å². The summed E-state index contributed by atoms with van der Waals surface area (Å²) in [5, 5.41) is 3.51. The van der Waals surface area contributed by atoms with E-state index in [1.54, 1.807) is 6.92 Å². The van der Waals surface area contributed by atoms with E-state index in [0.717, 1.165) is 36.5 Å². The van der Waals surface area contributed by atoms with Gasteiger partial charge in [-0.15, -0.1) is 0 Å². The van der Waals surface area contributed by atoms with Gasteiger partial charge in [-0.25, -0.2) is 8.42 Å². The van der Waals surface area contributed by atoms with Gasteiger partial charge in [0.1, 0.15) is 6.04 Å². The molecule has 1 aromatic carbocycles. The Labute approximate surface area is 159 Å². The first-order chi connectivity index (χ1) is 11.6. The molecule has 0 aromatic heterocycles. The van der Waals surface area contributed by atoms with Crippen LogP contribution in [0.3, 0.4) is 0 Å². The molecule has 0 bridgehead atoms. The molecule has 1 aliphatic heterocycles. The number of hydrogen-bond donors (Lipinski definition) is 1. The molecule has 1 saturated heterocycles. The summed E-state index contributed by atoms with van der Waals surface area (Å²) in [6.07, 6.45) is 2.76. The lowest BCUT2D eigenvalue weighted by atomic mass is 10.1. The highest BCUT2D eigenvalue weighted by Crippen LogP contribution is 2.29. The van der Waals surface area contributed by atoms with E-state index in [1.807, 2.05) is 7.05 Å². The third-order valence-corrected chi connectivity index (χ3v) is 6.29. The molecule has 0 radical (unpaired) electrons. The number of nitrogens with one attached hydrogen (secondary N) is 1. The number of likely N-dealkylation sites (tertiary alicyclic amines) is 1. The second kappa shape index (κ2) is 8.12. The van der Waals surface area contributed by atoms with E-state index in [-0.39, 0.29) is 17.0 Å². The molecule has 0 spiro atoms. The molecule has 0 unspecified atom stereocenters. The number of benzene rings is 1. The summed E-state index contributed by atoms with van der Waals surface area (Å²) in [6.45, 7) is 3.37. The van der Waals surface area contributed by atoms with Crippen molar-refractivity contribution in [2.24, 2.45) is 0 Å². The number of rotatable bonds is 5. The minimum Gasteiger partial charge on any atom is -0.351 e. The van der Waals surface area contributed by atoms with Crippen LogP contribution in [0.25, 0.3) is 0 Å². The molecule has 140 valence electrons. The van der Waals surface area contributed by atoms with E-state index in [1.165, 1.54) is 18.2 Å². The van der Waals surface area contributed by atoms with E-state index >= 15 is 0 Å². The van der Waals surface area contributed by atoms with Gasteiger partial charge in [-0.1, -0.05) is 23.2 Å². The van der Waals surface area contributed by atoms with Gasteiger partial charge in [-0.05, 0) is 58.1 Å². The standard InChI is InChI=1S/C16H23Cl2N3O3S/c1-11(16(22)19-12-6-8-20(2)9-7-12)21(25(3,23)24)13-4-5-14(17)15(18)10-13/h4-5,10-12H,6-9H2,1-3H3,(H,19,22)/t11-/m1/s1. The molecule has 9 heteroatoms. The lowest BCUT2D eigenvalue weighted by molar-refractivity contribution is -0.122. The highest BCUT2D eigenvalue weighted by molar-refractivity contribution is 7.92. The predicted molar refractivity (Wildman–Crippen MR) is 102 cm³/mol. The van der Waals surface area contributed by atoms with E-state index < -0.39 is 16.1 Å². The van der Waals surface area contributed by atoms with Crippen molar-refractivity contribution in [3.05, 3.63) is 28.2 Å². The normalized spacial score (nSPS) is 18.0. The Balaban J connectivity index is 2.19. The van der Waals surface area contributed by atoms with Gasteiger partial charge in [0, 0.05) is 6.04 Å². The fraction of sp³-hybridized carbons (Fsp3) is 0.562. The van der Waals surface area contributed by atoms with Crippen molar-refractivity contribution in [3.63, 3.8) is 0 Å². The Bertz CT molecular complexity index is 734. The molecule has 25 heavy (non-hydrogen) atoms. The molecular weight excluding hydrogens is 385 g/mol. The Hall–Kier alpha value is -1.02. The van der Waals surface area contributed by atoms with Gasteiger partial charge in [0.05, 0.1) is 22.0 Å². The van der Waals surface area contributed by atoms with Crippen LogP contribution in [-0.4, -0.2) is 57.7 Å². The summed E-state index contributed by atoms with van der Waals surface area (Å²) in [5.74, 6) is -0.328. The molecule has 1 aliphatic rings. The molecule has 1 heterocycles. The zero-order valence-corrected chi connectivity index (χ0v) is 16.8. The lowest BCUT2D eigenvalue weighted by Crippen LogP contribution is -2.52. The molecular formula is C16H23Cl2N3O3S. The van der Waals surface area contributed by atoms with Crippen LogP contribution in [0.2, 0.25) is 10.0 Å². The quantitative estimate of drug-likeness (QED) is 0.812. The van der Waals surface area contributed by atoms with Gasteiger partial charge in [-0.2, -0.15) is 0 Å². The fourth-order valence-corrected chi connectivity index (χ4v) is 4.36. The van der Waals surface area contributed by atoms with Crippen molar-refractivity contribution < 1.29 is 13.2 Å². The van der Waals surface area contributed by atoms with Crippen LogP contribution in [-0.2, 0) is 14.8 Å². The van der Waals surface area contributed by atoms with Gasteiger partial charge < -0.3 is 10.2 Å². The Morgan fingerprint density at radius 3 is 2.40 bits per heavy atom. The molecule has 1 N–H and O–H groups in total. The number of carbonyl (C=O) groups is 1. The summed E-state index contributed by atoms with van der Waals surface area (Å²) in [6, 6.07) is 3.66. The van der Waals surface area contributed by atoms with Crippen molar-refractivity contribution in [1.82, 2.24) is 10.2 Å². The molecule has 6 nitrogen and oxygen atoms in total. The van der Waals surface area contributed by atoms with E-state index in [2.05, 4.69) is 10.2 Å². The summed E-state index contributed by atoms with van der Waals surface area (Å²) in [4.78, 5) is 14.8. The fourth-order valence-electron chi connectivity index (χ4n) is 2.91. The molecule has 1 aromatic rings. The topological polar surface area (TPSA) is 69.7 Å². The monoisotopic (exact) mass is 407 g/mol.